The van der Waals surface area contributed by atoms with E-state index >= 15 is 0 Å². The van der Waals surface area contributed by atoms with Crippen molar-refractivity contribution in [3.05, 3.63) is 39.2 Å². The standard InChI is InChI=1S/C13H16BrN3O/c1-16(2)6-3-7-17-13(18)12-5-4-11(14)8-10(12)9-15-17/h4-5,8-9H,3,6-7H2,1-2H3. The third-order valence-electron chi connectivity index (χ3n) is 2.79. The van der Waals surface area contributed by atoms with E-state index < -0.39 is 0 Å². The molecular formula is C13H16BrN3O. The minimum atomic E-state index is -0.0150. The first-order chi connectivity index (χ1) is 8.58. The largest absolute Gasteiger partial charge is 0.309 e. The number of hydrogen-bond donors (Lipinski definition) is 0. The summed E-state index contributed by atoms with van der Waals surface area (Å²) in [6, 6.07) is 5.63. The summed E-state index contributed by atoms with van der Waals surface area (Å²) in [7, 11) is 4.04. The van der Waals surface area contributed by atoms with Crippen LogP contribution in [0.15, 0.2) is 33.7 Å². The van der Waals surface area contributed by atoms with Gasteiger partial charge in [-0.05, 0) is 45.3 Å². The SMILES string of the molecule is CN(C)CCCn1ncc2cc(Br)ccc2c1=O. The van der Waals surface area contributed by atoms with Crippen LogP contribution in [0.2, 0.25) is 0 Å². The molecule has 0 aliphatic carbocycles. The molecule has 96 valence electrons. The second kappa shape index (κ2) is 5.63. The minimum absolute atomic E-state index is 0.0150. The summed E-state index contributed by atoms with van der Waals surface area (Å²) in [5, 5.41) is 5.80. The second-order valence-electron chi connectivity index (χ2n) is 4.56. The summed E-state index contributed by atoms with van der Waals surface area (Å²) >= 11 is 3.39. The van der Waals surface area contributed by atoms with Gasteiger partial charge in [0.2, 0.25) is 0 Å². The average Bonchev–Trinajstić information content (AvgIpc) is 2.31. The van der Waals surface area contributed by atoms with E-state index in [2.05, 4.69) is 25.9 Å². The Kier molecular flexibility index (Phi) is 4.14. The van der Waals surface area contributed by atoms with E-state index in [1.54, 1.807) is 10.9 Å². The molecule has 2 aromatic rings. The fourth-order valence-corrected chi connectivity index (χ4v) is 2.23. The van der Waals surface area contributed by atoms with Gasteiger partial charge in [-0.25, -0.2) is 4.68 Å². The number of aromatic nitrogens is 2. The molecule has 4 nitrogen and oxygen atoms in total. The maximum absolute atomic E-state index is 12.2. The first-order valence-corrected chi connectivity index (χ1v) is 6.67. The van der Waals surface area contributed by atoms with Crippen molar-refractivity contribution in [2.45, 2.75) is 13.0 Å². The fraction of sp³-hybridized carbons (Fsp3) is 0.385. The number of benzene rings is 1. The van der Waals surface area contributed by atoms with E-state index in [1.165, 1.54) is 0 Å². The maximum Gasteiger partial charge on any atom is 0.274 e. The number of nitrogens with zero attached hydrogens (tertiary/aromatic N) is 3. The lowest BCUT2D eigenvalue weighted by atomic mass is 10.2. The van der Waals surface area contributed by atoms with Crippen LogP contribution in [-0.2, 0) is 6.54 Å². The molecule has 18 heavy (non-hydrogen) atoms. The van der Waals surface area contributed by atoms with Crippen LogP contribution >= 0.6 is 15.9 Å². The van der Waals surface area contributed by atoms with Crippen LogP contribution in [0.4, 0.5) is 0 Å². The van der Waals surface area contributed by atoms with Gasteiger partial charge in [0.05, 0.1) is 11.6 Å². The summed E-state index contributed by atoms with van der Waals surface area (Å²) in [6.07, 6.45) is 2.67. The van der Waals surface area contributed by atoms with E-state index in [1.807, 2.05) is 32.3 Å². The molecule has 0 bridgehead atoms. The van der Waals surface area contributed by atoms with Crippen molar-refractivity contribution in [1.29, 1.82) is 0 Å². The van der Waals surface area contributed by atoms with Gasteiger partial charge in [-0.3, -0.25) is 4.79 Å². The summed E-state index contributed by atoms with van der Waals surface area (Å²) in [4.78, 5) is 14.3. The zero-order valence-electron chi connectivity index (χ0n) is 10.6. The number of halogens is 1. The van der Waals surface area contributed by atoms with Gasteiger partial charge < -0.3 is 4.90 Å². The molecule has 0 N–H and O–H groups in total. The third kappa shape index (κ3) is 2.97. The van der Waals surface area contributed by atoms with Gasteiger partial charge in [0.25, 0.3) is 5.56 Å². The molecule has 0 atom stereocenters. The molecule has 0 amide bonds. The van der Waals surface area contributed by atoms with Crippen LogP contribution in [-0.4, -0.2) is 35.3 Å². The zero-order valence-corrected chi connectivity index (χ0v) is 12.1. The van der Waals surface area contributed by atoms with Crippen LogP contribution in [0.5, 0.6) is 0 Å². The average molecular weight is 310 g/mol. The molecule has 0 aliphatic heterocycles. The Morgan fingerprint density at radius 2 is 2.17 bits per heavy atom. The summed E-state index contributed by atoms with van der Waals surface area (Å²) in [5.74, 6) is 0. The number of hydrogen-bond acceptors (Lipinski definition) is 3. The Balaban J connectivity index is 2.28. The highest BCUT2D eigenvalue weighted by atomic mass is 79.9. The Hall–Kier alpha value is -1.20. The van der Waals surface area contributed by atoms with Crippen LogP contribution in [0, 0.1) is 0 Å². The maximum atomic E-state index is 12.2. The quantitative estimate of drug-likeness (QED) is 0.868. The molecule has 1 heterocycles. The molecular weight excluding hydrogens is 294 g/mol. The van der Waals surface area contributed by atoms with Gasteiger partial charge in [-0.1, -0.05) is 15.9 Å². The molecule has 0 radical (unpaired) electrons. The molecule has 0 aliphatic rings. The van der Waals surface area contributed by atoms with Gasteiger partial charge in [-0.15, -0.1) is 0 Å². The lowest BCUT2D eigenvalue weighted by Crippen LogP contribution is -2.25. The normalized spacial score (nSPS) is 11.3. The molecule has 0 unspecified atom stereocenters. The van der Waals surface area contributed by atoms with Crippen molar-refractivity contribution in [2.75, 3.05) is 20.6 Å². The molecule has 1 aromatic carbocycles. The second-order valence-corrected chi connectivity index (χ2v) is 5.48. The number of rotatable bonds is 4. The van der Waals surface area contributed by atoms with Crippen LogP contribution < -0.4 is 5.56 Å². The van der Waals surface area contributed by atoms with E-state index in [9.17, 15) is 4.79 Å². The predicted octanol–water partition coefficient (Wildman–Crippen LogP) is 2.11. The summed E-state index contributed by atoms with van der Waals surface area (Å²) in [6.45, 7) is 1.61. The summed E-state index contributed by atoms with van der Waals surface area (Å²) < 4.78 is 2.50. The fourth-order valence-electron chi connectivity index (χ4n) is 1.85. The van der Waals surface area contributed by atoms with Crippen LogP contribution in [0.3, 0.4) is 0 Å². The molecule has 0 fully saturated rings. The van der Waals surface area contributed by atoms with Gasteiger partial charge in [0, 0.05) is 16.4 Å². The van der Waals surface area contributed by atoms with E-state index in [0.29, 0.717) is 6.54 Å². The van der Waals surface area contributed by atoms with Gasteiger partial charge in [0.1, 0.15) is 0 Å². The Labute approximate surface area is 114 Å². The van der Waals surface area contributed by atoms with E-state index in [0.717, 1.165) is 28.2 Å². The van der Waals surface area contributed by atoms with Crippen molar-refractivity contribution in [3.63, 3.8) is 0 Å². The minimum Gasteiger partial charge on any atom is -0.309 e. The van der Waals surface area contributed by atoms with Gasteiger partial charge in [0.15, 0.2) is 0 Å². The first kappa shape index (κ1) is 13.2. The number of fused-ring (bicyclic) bond motifs is 1. The zero-order chi connectivity index (χ0) is 13.1. The van der Waals surface area contributed by atoms with E-state index in [-0.39, 0.29) is 5.56 Å². The third-order valence-corrected chi connectivity index (χ3v) is 3.28. The highest BCUT2D eigenvalue weighted by molar-refractivity contribution is 9.10. The Morgan fingerprint density at radius 3 is 2.89 bits per heavy atom. The molecule has 2 rings (SSSR count). The van der Waals surface area contributed by atoms with E-state index in [4.69, 9.17) is 0 Å². The van der Waals surface area contributed by atoms with Gasteiger partial charge >= 0.3 is 0 Å². The topological polar surface area (TPSA) is 38.1 Å². The lowest BCUT2D eigenvalue weighted by Gasteiger charge is -2.10. The number of aryl methyl sites for hydroxylation is 1. The van der Waals surface area contributed by atoms with Crippen molar-refractivity contribution in [3.8, 4) is 0 Å². The highest BCUT2D eigenvalue weighted by Gasteiger charge is 2.04. The molecule has 5 heteroatoms. The smallest absolute Gasteiger partial charge is 0.274 e. The molecule has 1 aromatic heterocycles. The Bertz CT molecular complexity index is 607. The van der Waals surface area contributed by atoms with Crippen LogP contribution in [0.1, 0.15) is 6.42 Å². The highest BCUT2D eigenvalue weighted by Crippen LogP contribution is 2.15. The predicted molar refractivity (Wildman–Crippen MR) is 76.9 cm³/mol. The molecule has 0 saturated carbocycles. The molecule has 0 saturated heterocycles. The van der Waals surface area contributed by atoms with Crippen molar-refractivity contribution < 1.29 is 0 Å². The first-order valence-electron chi connectivity index (χ1n) is 5.88. The Morgan fingerprint density at radius 1 is 1.39 bits per heavy atom. The van der Waals surface area contributed by atoms with Crippen LogP contribution in [0.25, 0.3) is 10.8 Å². The molecule has 0 spiro atoms. The van der Waals surface area contributed by atoms with Crippen molar-refractivity contribution >= 4 is 26.7 Å². The van der Waals surface area contributed by atoms with Crippen molar-refractivity contribution in [2.24, 2.45) is 0 Å². The summed E-state index contributed by atoms with van der Waals surface area (Å²) in [5.41, 5.74) is -0.0150. The lowest BCUT2D eigenvalue weighted by molar-refractivity contribution is 0.378. The van der Waals surface area contributed by atoms with Gasteiger partial charge in [-0.2, -0.15) is 5.10 Å². The monoisotopic (exact) mass is 309 g/mol. The van der Waals surface area contributed by atoms with Crippen molar-refractivity contribution in [1.82, 2.24) is 14.7 Å².